The van der Waals surface area contributed by atoms with Gasteiger partial charge in [-0.1, -0.05) is 35.6 Å². The Morgan fingerprint density at radius 1 is 1.15 bits per heavy atom. The number of fused-ring (bicyclic) bond motifs is 1. The third-order valence-electron chi connectivity index (χ3n) is 4.97. The first-order valence-electron chi connectivity index (χ1n) is 9.02. The summed E-state index contributed by atoms with van der Waals surface area (Å²) in [5.74, 6) is 1.40. The van der Waals surface area contributed by atoms with E-state index in [2.05, 4.69) is 28.1 Å². The molecule has 0 radical (unpaired) electrons. The molecule has 2 heterocycles. The zero-order valence-corrected chi connectivity index (χ0v) is 15.7. The Morgan fingerprint density at radius 2 is 1.88 bits per heavy atom. The van der Waals surface area contributed by atoms with Gasteiger partial charge in [0.2, 0.25) is 0 Å². The minimum atomic E-state index is 0.260. The van der Waals surface area contributed by atoms with Crippen molar-refractivity contribution in [3.05, 3.63) is 54.1 Å². The molecule has 26 heavy (non-hydrogen) atoms. The number of Topliss-reactive ketones (excluding diaryl/α,β-unsaturated/α-hetero) is 1. The highest BCUT2D eigenvalue weighted by Crippen LogP contribution is 2.31. The zero-order valence-electron chi connectivity index (χ0n) is 14.9. The van der Waals surface area contributed by atoms with E-state index in [0.29, 0.717) is 11.0 Å². The van der Waals surface area contributed by atoms with Gasteiger partial charge in [-0.3, -0.25) is 9.69 Å². The fraction of sp³-hybridized carbons (Fsp3) is 0.333. The molecule has 0 amide bonds. The topological polar surface area (TPSA) is 42.4 Å². The molecule has 2 aromatic carbocycles. The van der Waals surface area contributed by atoms with Crippen molar-refractivity contribution in [1.29, 1.82) is 0 Å². The Hall–Kier alpha value is -2.24. The van der Waals surface area contributed by atoms with Crippen LogP contribution in [-0.2, 0) is 11.3 Å². The van der Waals surface area contributed by atoms with Crippen LogP contribution in [0.3, 0.4) is 0 Å². The van der Waals surface area contributed by atoms with Crippen LogP contribution in [0.4, 0.5) is 0 Å². The molecule has 0 bridgehead atoms. The van der Waals surface area contributed by atoms with Gasteiger partial charge in [-0.15, -0.1) is 0 Å². The summed E-state index contributed by atoms with van der Waals surface area (Å²) < 4.78 is 7.04. The maximum absolute atomic E-state index is 11.5. The minimum absolute atomic E-state index is 0.260. The molecule has 1 aromatic heterocycles. The molecule has 4 nitrogen and oxygen atoms in total. The molecule has 1 aliphatic heterocycles. The van der Waals surface area contributed by atoms with Crippen LogP contribution in [0.1, 0.15) is 25.3 Å². The van der Waals surface area contributed by atoms with Crippen molar-refractivity contribution in [1.82, 2.24) is 9.88 Å². The number of ether oxygens (including phenoxy) is 1. The normalized spacial score (nSPS) is 16.0. The Balaban J connectivity index is 1.35. The Bertz CT molecular complexity index is 863. The van der Waals surface area contributed by atoms with Crippen LogP contribution in [0, 0.1) is 5.92 Å². The number of benzene rings is 2. The Kier molecular flexibility index (Phi) is 5.00. The van der Waals surface area contributed by atoms with Crippen molar-refractivity contribution in [3.8, 4) is 10.9 Å². The number of carbonyl (C=O) groups is 1. The van der Waals surface area contributed by atoms with Crippen molar-refractivity contribution in [3.63, 3.8) is 0 Å². The molecule has 0 aliphatic carbocycles. The number of para-hydroxylation sites is 1. The van der Waals surface area contributed by atoms with Gasteiger partial charge in [0, 0.05) is 12.5 Å². The largest absolute Gasteiger partial charge is 0.431 e. The Morgan fingerprint density at radius 3 is 2.58 bits per heavy atom. The maximum atomic E-state index is 11.5. The van der Waals surface area contributed by atoms with Crippen LogP contribution in [-0.4, -0.2) is 28.8 Å². The molecule has 1 saturated heterocycles. The Labute approximate surface area is 157 Å². The fourth-order valence-electron chi connectivity index (χ4n) is 3.41. The average Bonchev–Trinajstić information content (AvgIpc) is 3.06. The summed E-state index contributed by atoms with van der Waals surface area (Å²) >= 11 is 1.56. The number of piperidine rings is 1. The van der Waals surface area contributed by atoms with E-state index in [1.54, 1.807) is 18.3 Å². The lowest BCUT2D eigenvalue weighted by Gasteiger charge is -2.30. The van der Waals surface area contributed by atoms with Crippen LogP contribution in [0.25, 0.3) is 10.2 Å². The molecular weight excluding hydrogens is 344 g/mol. The molecule has 0 N–H and O–H groups in total. The standard InChI is InChI=1S/C21H22N2O2S/c1-15(24)17-10-12-23(13-11-17)14-16-6-8-18(9-7-16)25-21-22-19-4-2-3-5-20(19)26-21/h2-9,17H,10-14H2,1H3. The quantitative estimate of drug-likeness (QED) is 0.645. The SMILES string of the molecule is CC(=O)C1CCN(Cc2ccc(Oc3nc4ccccc4s3)cc2)CC1. The first-order valence-corrected chi connectivity index (χ1v) is 9.84. The van der Waals surface area contributed by atoms with Crippen LogP contribution >= 0.6 is 11.3 Å². The molecule has 1 aliphatic rings. The maximum Gasteiger partial charge on any atom is 0.279 e. The van der Waals surface area contributed by atoms with Gasteiger partial charge in [0.25, 0.3) is 5.19 Å². The van der Waals surface area contributed by atoms with Crippen LogP contribution in [0.5, 0.6) is 10.9 Å². The van der Waals surface area contributed by atoms with E-state index in [-0.39, 0.29) is 5.92 Å². The van der Waals surface area contributed by atoms with E-state index in [1.165, 1.54) is 5.56 Å². The minimum Gasteiger partial charge on any atom is -0.431 e. The molecule has 3 aromatic rings. The molecule has 134 valence electrons. The average molecular weight is 366 g/mol. The molecule has 4 rings (SSSR count). The zero-order chi connectivity index (χ0) is 17.9. The van der Waals surface area contributed by atoms with Crippen molar-refractivity contribution in [2.24, 2.45) is 5.92 Å². The lowest BCUT2D eigenvalue weighted by atomic mass is 9.93. The second-order valence-corrected chi connectivity index (χ2v) is 7.85. The van der Waals surface area contributed by atoms with Gasteiger partial charge >= 0.3 is 0 Å². The van der Waals surface area contributed by atoms with Gasteiger partial charge < -0.3 is 4.74 Å². The second kappa shape index (κ2) is 7.56. The smallest absolute Gasteiger partial charge is 0.279 e. The molecular formula is C21H22N2O2S. The fourth-order valence-corrected chi connectivity index (χ4v) is 4.25. The van der Waals surface area contributed by atoms with E-state index >= 15 is 0 Å². The number of likely N-dealkylation sites (tertiary alicyclic amines) is 1. The number of aromatic nitrogens is 1. The lowest BCUT2D eigenvalue weighted by molar-refractivity contribution is -0.122. The summed E-state index contributed by atoms with van der Waals surface area (Å²) in [6.07, 6.45) is 1.96. The van der Waals surface area contributed by atoms with Gasteiger partial charge in [0.1, 0.15) is 11.5 Å². The van der Waals surface area contributed by atoms with Crippen molar-refractivity contribution >= 4 is 27.3 Å². The molecule has 0 saturated carbocycles. The van der Waals surface area contributed by atoms with E-state index in [0.717, 1.165) is 48.4 Å². The van der Waals surface area contributed by atoms with Crippen LogP contribution in [0.15, 0.2) is 48.5 Å². The lowest BCUT2D eigenvalue weighted by Crippen LogP contribution is -2.35. The molecule has 0 spiro atoms. The van der Waals surface area contributed by atoms with Gasteiger partial charge in [0.15, 0.2) is 0 Å². The molecule has 1 fully saturated rings. The first kappa shape index (κ1) is 17.2. The van der Waals surface area contributed by atoms with Crippen molar-refractivity contribution in [2.75, 3.05) is 13.1 Å². The van der Waals surface area contributed by atoms with Crippen LogP contribution in [0.2, 0.25) is 0 Å². The summed E-state index contributed by atoms with van der Waals surface area (Å²) in [6, 6.07) is 16.3. The monoisotopic (exact) mass is 366 g/mol. The predicted molar refractivity (Wildman–Crippen MR) is 105 cm³/mol. The third-order valence-corrected chi connectivity index (χ3v) is 5.89. The first-order chi connectivity index (χ1) is 12.7. The predicted octanol–water partition coefficient (Wildman–Crippen LogP) is 4.89. The van der Waals surface area contributed by atoms with E-state index in [4.69, 9.17) is 4.74 Å². The second-order valence-electron chi connectivity index (χ2n) is 6.85. The van der Waals surface area contributed by atoms with E-state index < -0.39 is 0 Å². The highest BCUT2D eigenvalue weighted by molar-refractivity contribution is 7.20. The molecule has 0 unspecified atom stereocenters. The summed E-state index contributed by atoms with van der Waals surface area (Å²) in [5, 5.41) is 0.672. The van der Waals surface area contributed by atoms with Crippen LogP contribution < -0.4 is 4.74 Å². The number of hydrogen-bond donors (Lipinski definition) is 0. The number of rotatable bonds is 5. The van der Waals surface area contributed by atoms with Gasteiger partial charge in [-0.25, -0.2) is 4.98 Å². The summed E-state index contributed by atoms with van der Waals surface area (Å²) in [4.78, 5) is 18.4. The molecule has 5 heteroatoms. The summed E-state index contributed by atoms with van der Waals surface area (Å²) in [5.41, 5.74) is 2.24. The van der Waals surface area contributed by atoms with Gasteiger partial charge in [-0.05, 0) is 62.7 Å². The number of thiazole rings is 1. The van der Waals surface area contributed by atoms with Gasteiger partial charge in [0.05, 0.1) is 10.2 Å². The van der Waals surface area contributed by atoms with Crippen molar-refractivity contribution in [2.45, 2.75) is 26.3 Å². The molecule has 0 atom stereocenters. The third kappa shape index (κ3) is 3.94. The van der Waals surface area contributed by atoms with Gasteiger partial charge in [-0.2, -0.15) is 0 Å². The number of nitrogens with zero attached hydrogens (tertiary/aromatic N) is 2. The summed E-state index contributed by atoms with van der Waals surface area (Å²) in [6.45, 7) is 4.62. The van der Waals surface area contributed by atoms with E-state index in [9.17, 15) is 4.79 Å². The highest BCUT2D eigenvalue weighted by Gasteiger charge is 2.22. The van der Waals surface area contributed by atoms with E-state index in [1.807, 2.05) is 30.3 Å². The highest BCUT2D eigenvalue weighted by atomic mass is 32.1. The number of hydrogen-bond acceptors (Lipinski definition) is 5. The number of carbonyl (C=O) groups excluding carboxylic acids is 1. The number of ketones is 1. The summed E-state index contributed by atoms with van der Waals surface area (Å²) in [7, 11) is 0. The van der Waals surface area contributed by atoms with Crippen molar-refractivity contribution < 1.29 is 9.53 Å².